The topological polar surface area (TPSA) is 56.3 Å². The molecule has 1 aliphatic rings. The van der Waals surface area contributed by atoms with Crippen LogP contribution in [0, 0.1) is 0 Å². The Morgan fingerprint density at radius 2 is 2.25 bits per heavy atom. The maximum atomic E-state index is 5.81. The standard InChI is InChI=1S/C18H20N4O2/c1-14-18-20-9-16(13-24-17-3-2-5-19-10-17)22(18)7-6-21(14)11-15-4-8-23-12-15/h2-5,8-10,12,14H,6-7,11,13H2,1H3/t14-/m0/s1. The Morgan fingerprint density at radius 1 is 1.29 bits per heavy atom. The van der Waals surface area contributed by atoms with Crippen molar-refractivity contribution in [3.63, 3.8) is 0 Å². The molecule has 0 unspecified atom stereocenters. The second-order valence-corrected chi connectivity index (χ2v) is 6.01. The van der Waals surface area contributed by atoms with Crippen LogP contribution in [0.15, 0.2) is 53.7 Å². The van der Waals surface area contributed by atoms with Gasteiger partial charge in [-0.2, -0.15) is 0 Å². The molecule has 3 aromatic rings. The van der Waals surface area contributed by atoms with Gasteiger partial charge in [0.1, 0.15) is 18.2 Å². The predicted octanol–water partition coefficient (Wildman–Crippen LogP) is 3.03. The fourth-order valence-electron chi connectivity index (χ4n) is 3.14. The van der Waals surface area contributed by atoms with Crippen LogP contribution in [0.4, 0.5) is 0 Å². The minimum absolute atomic E-state index is 0.265. The fraction of sp³-hybridized carbons (Fsp3) is 0.333. The third-order valence-corrected chi connectivity index (χ3v) is 4.49. The monoisotopic (exact) mass is 324 g/mol. The van der Waals surface area contributed by atoms with Crippen LogP contribution in [0.25, 0.3) is 0 Å². The van der Waals surface area contributed by atoms with Gasteiger partial charge in [-0.15, -0.1) is 0 Å². The molecule has 0 aliphatic carbocycles. The first kappa shape index (κ1) is 15.0. The summed E-state index contributed by atoms with van der Waals surface area (Å²) in [6.45, 7) is 5.49. The molecule has 0 spiro atoms. The molecule has 124 valence electrons. The largest absolute Gasteiger partial charge is 0.486 e. The van der Waals surface area contributed by atoms with Crippen molar-refractivity contribution in [2.75, 3.05) is 6.54 Å². The molecule has 0 aromatic carbocycles. The predicted molar refractivity (Wildman–Crippen MR) is 88.3 cm³/mol. The minimum Gasteiger partial charge on any atom is -0.486 e. The van der Waals surface area contributed by atoms with Gasteiger partial charge in [-0.1, -0.05) is 0 Å². The summed E-state index contributed by atoms with van der Waals surface area (Å²) < 4.78 is 13.3. The number of hydrogen-bond acceptors (Lipinski definition) is 5. The molecule has 6 nitrogen and oxygen atoms in total. The zero-order chi connectivity index (χ0) is 16.4. The van der Waals surface area contributed by atoms with Gasteiger partial charge in [0.2, 0.25) is 0 Å². The number of ether oxygens (including phenoxy) is 1. The lowest BCUT2D eigenvalue weighted by Gasteiger charge is -2.34. The molecular formula is C18H20N4O2. The third kappa shape index (κ3) is 2.92. The Labute approximate surface area is 140 Å². The highest BCUT2D eigenvalue weighted by Gasteiger charge is 2.27. The molecular weight excluding hydrogens is 304 g/mol. The number of pyridine rings is 1. The summed E-state index contributed by atoms with van der Waals surface area (Å²) >= 11 is 0. The number of furan rings is 1. The summed E-state index contributed by atoms with van der Waals surface area (Å²) in [6, 6.07) is 6.06. The molecule has 0 amide bonds. The minimum atomic E-state index is 0.265. The highest BCUT2D eigenvalue weighted by atomic mass is 16.5. The molecule has 1 atom stereocenters. The van der Waals surface area contributed by atoms with Crippen LogP contribution < -0.4 is 4.74 Å². The van der Waals surface area contributed by atoms with Crippen molar-refractivity contribution in [1.82, 2.24) is 19.4 Å². The van der Waals surface area contributed by atoms with E-state index >= 15 is 0 Å². The zero-order valence-corrected chi connectivity index (χ0v) is 13.6. The van der Waals surface area contributed by atoms with Crippen molar-refractivity contribution in [3.05, 3.63) is 66.4 Å². The molecule has 4 heterocycles. The van der Waals surface area contributed by atoms with E-state index in [9.17, 15) is 0 Å². The summed E-state index contributed by atoms with van der Waals surface area (Å²) in [5.41, 5.74) is 2.30. The number of rotatable bonds is 5. The summed E-state index contributed by atoms with van der Waals surface area (Å²) in [4.78, 5) is 11.1. The Bertz CT molecular complexity index is 783. The highest BCUT2D eigenvalue weighted by molar-refractivity contribution is 5.17. The first-order chi connectivity index (χ1) is 11.8. The van der Waals surface area contributed by atoms with E-state index in [1.807, 2.05) is 24.4 Å². The van der Waals surface area contributed by atoms with E-state index in [0.29, 0.717) is 6.61 Å². The van der Waals surface area contributed by atoms with Crippen molar-refractivity contribution in [1.29, 1.82) is 0 Å². The summed E-state index contributed by atoms with van der Waals surface area (Å²) in [7, 11) is 0. The van der Waals surface area contributed by atoms with Crippen molar-refractivity contribution in [3.8, 4) is 5.75 Å². The van der Waals surface area contributed by atoms with Gasteiger partial charge in [0, 0.05) is 31.4 Å². The smallest absolute Gasteiger partial charge is 0.138 e. The van der Waals surface area contributed by atoms with E-state index < -0.39 is 0 Å². The van der Waals surface area contributed by atoms with E-state index in [2.05, 4.69) is 26.4 Å². The third-order valence-electron chi connectivity index (χ3n) is 4.49. The number of fused-ring (bicyclic) bond motifs is 1. The van der Waals surface area contributed by atoms with E-state index in [1.54, 1.807) is 24.9 Å². The second-order valence-electron chi connectivity index (χ2n) is 6.01. The summed E-state index contributed by atoms with van der Waals surface area (Å²) in [5.74, 6) is 1.87. The lowest BCUT2D eigenvalue weighted by atomic mass is 10.2. The molecule has 0 N–H and O–H groups in total. The molecule has 0 radical (unpaired) electrons. The molecule has 3 aromatic heterocycles. The average Bonchev–Trinajstić information content (AvgIpc) is 3.26. The van der Waals surface area contributed by atoms with Gasteiger partial charge in [0.05, 0.1) is 36.7 Å². The maximum Gasteiger partial charge on any atom is 0.138 e. The van der Waals surface area contributed by atoms with Gasteiger partial charge in [0.25, 0.3) is 0 Å². The summed E-state index contributed by atoms with van der Waals surface area (Å²) in [6.07, 6.45) is 8.91. The Morgan fingerprint density at radius 3 is 3.04 bits per heavy atom. The molecule has 0 saturated heterocycles. The van der Waals surface area contributed by atoms with Crippen LogP contribution in [-0.2, 0) is 19.7 Å². The number of hydrogen-bond donors (Lipinski definition) is 0. The second kappa shape index (κ2) is 6.49. The van der Waals surface area contributed by atoms with Gasteiger partial charge < -0.3 is 13.7 Å². The van der Waals surface area contributed by atoms with Crippen molar-refractivity contribution in [2.45, 2.75) is 32.7 Å². The molecule has 0 fully saturated rings. The lowest BCUT2D eigenvalue weighted by molar-refractivity contribution is 0.152. The van der Waals surface area contributed by atoms with Crippen LogP contribution in [0.1, 0.15) is 30.0 Å². The van der Waals surface area contributed by atoms with E-state index in [0.717, 1.165) is 36.9 Å². The number of imidazole rings is 1. The molecule has 4 rings (SSSR count). The fourth-order valence-corrected chi connectivity index (χ4v) is 3.14. The molecule has 6 heteroatoms. The maximum absolute atomic E-state index is 5.81. The molecule has 24 heavy (non-hydrogen) atoms. The number of aromatic nitrogens is 3. The van der Waals surface area contributed by atoms with Crippen molar-refractivity contribution in [2.24, 2.45) is 0 Å². The zero-order valence-electron chi connectivity index (χ0n) is 13.6. The van der Waals surface area contributed by atoms with Gasteiger partial charge in [-0.25, -0.2) is 4.98 Å². The first-order valence-corrected chi connectivity index (χ1v) is 8.13. The molecule has 1 aliphatic heterocycles. The Balaban J connectivity index is 1.46. The van der Waals surface area contributed by atoms with E-state index in [1.165, 1.54) is 5.56 Å². The van der Waals surface area contributed by atoms with Crippen molar-refractivity contribution < 1.29 is 9.15 Å². The van der Waals surface area contributed by atoms with Crippen LogP contribution >= 0.6 is 0 Å². The lowest BCUT2D eigenvalue weighted by Crippen LogP contribution is -2.37. The van der Waals surface area contributed by atoms with Crippen molar-refractivity contribution >= 4 is 0 Å². The Kier molecular flexibility index (Phi) is 4.04. The number of nitrogens with zero attached hydrogens (tertiary/aromatic N) is 4. The SMILES string of the molecule is C[C@H]1c2ncc(COc3cccnc3)n2CCN1Cc1ccoc1. The average molecular weight is 324 g/mol. The van der Waals surface area contributed by atoms with Crippen LogP contribution in [0.3, 0.4) is 0 Å². The van der Waals surface area contributed by atoms with E-state index in [-0.39, 0.29) is 6.04 Å². The molecule has 0 saturated carbocycles. The van der Waals surface area contributed by atoms with Crippen LogP contribution in [0.5, 0.6) is 5.75 Å². The highest BCUT2D eigenvalue weighted by Crippen LogP contribution is 2.27. The summed E-state index contributed by atoms with van der Waals surface area (Å²) in [5, 5.41) is 0. The van der Waals surface area contributed by atoms with Crippen LogP contribution in [-0.4, -0.2) is 26.0 Å². The van der Waals surface area contributed by atoms with Gasteiger partial charge in [-0.05, 0) is 25.1 Å². The van der Waals surface area contributed by atoms with Gasteiger partial charge in [0.15, 0.2) is 0 Å². The normalized spacial score (nSPS) is 17.6. The van der Waals surface area contributed by atoms with Crippen LogP contribution in [0.2, 0.25) is 0 Å². The van der Waals surface area contributed by atoms with Gasteiger partial charge >= 0.3 is 0 Å². The quantitative estimate of drug-likeness (QED) is 0.722. The first-order valence-electron chi connectivity index (χ1n) is 8.13. The van der Waals surface area contributed by atoms with E-state index in [4.69, 9.17) is 9.15 Å². The Hall–Kier alpha value is -2.60. The van der Waals surface area contributed by atoms with Gasteiger partial charge in [-0.3, -0.25) is 9.88 Å². The molecule has 0 bridgehead atoms.